The molecule has 0 spiro atoms. The molecule has 0 aromatic carbocycles. The molecule has 0 atom stereocenters. The van der Waals surface area contributed by atoms with Gasteiger partial charge in [0, 0.05) is 8.41 Å². The molecule has 0 nitrogen and oxygen atoms in total. The van der Waals surface area contributed by atoms with Crippen molar-refractivity contribution in [3.63, 3.8) is 0 Å². The van der Waals surface area contributed by atoms with Crippen LogP contribution in [0.5, 0.6) is 0 Å². The van der Waals surface area contributed by atoms with Crippen molar-refractivity contribution in [2.24, 2.45) is 0 Å². The normalized spacial score (nSPS) is 3.00. The van der Waals surface area contributed by atoms with Crippen molar-refractivity contribution < 1.29 is 14.9 Å². The zero-order chi connectivity index (χ0) is 2.71. The van der Waals surface area contributed by atoms with Crippen molar-refractivity contribution in [1.29, 1.82) is 0 Å². The fraction of sp³-hybridized carbons (Fsp3) is 0. The summed E-state index contributed by atoms with van der Waals surface area (Å²) in [6, 6.07) is 0. The van der Waals surface area contributed by atoms with Crippen molar-refractivity contribution in [3.8, 4) is 0 Å². The van der Waals surface area contributed by atoms with Gasteiger partial charge < -0.3 is 0 Å². The Labute approximate surface area is 43.0 Å². The molecule has 0 aromatic rings. The van der Waals surface area contributed by atoms with Crippen LogP contribution in [0.2, 0.25) is 0 Å². The summed E-state index contributed by atoms with van der Waals surface area (Å²) in [6.45, 7) is 0. The molecule has 0 amide bonds. The number of hydrogen-bond acceptors (Lipinski definition) is 2. The van der Waals surface area contributed by atoms with Crippen LogP contribution in [0.4, 0.5) is 0 Å². The molecule has 0 aliphatic rings. The Morgan fingerprint density at radius 1 is 1.25 bits per heavy atom. The Kier molecular flexibility index (Phi) is 19.9. The topological polar surface area (TPSA) is 0 Å². The molecule has 4 heavy (non-hydrogen) atoms. The summed E-state index contributed by atoms with van der Waals surface area (Å²) in [5.41, 5.74) is 0. The third-order valence-electron chi connectivity index (χ3n) is 0. The Morgan fingerprint density at radius 2 is 1.25 bits per heavy atom. The first-order valence-corrected chi connectivity index (χ1v) is 8.19. The van der Waals surface area contributed by atoms with E-state index >= 15 is 0 Å². The molecule has 0 fully saturated rings. The summed E-state index contributed by atoms with van der Waals surface area (Å²) in [7, 11) is 8.75. The van der Waals surface area contributed by atoms with E-state index in [2.05, 4.69) is 19.6 Å². The quantitative estimate of drug-likeness (QED) is 0.593. The van der Waals surface area contributed by atoms with Crippen molar-refractivity contribution in [1.82, 2.24) is 0 Å². The first-order chi connectivity index (χ1) is 1.41. The number of rotatable bonds is 0. The van der Waals surface area contributed by atoms with Crippen LogP contribution in [0.1, 0.15) is 0 Å². The minimum absolute atomic E-state index is 0. The molecular formula is BS2W. The van der Waals surface area contributed by atoms with E-state index in [0.717, 1.165) is 0 Å². The van der Waals surface area contributed by atoms with E-state index in [0.29, 0.717) is 0 Å². The fourth-order valence-electron chi connectivity index (χ4n) is 0. The van der Waals surface area contributed by atoms with E-state index in [9.17, 15) is 0 Å². The second-order valence-electron chi connectivity index (χ2n) is 0.0680. The molecule has 0 rings (SSSR count). The van der Waals surface area contributed by atoms with Gasteiger partial charge in [0.15, 0.2) is 0 Å². The first kappa shape index (κ1) is 8.96. The average Bonchev–Trinajstić information content (AvgIpc) is 0.918. The van der Waals surface area contributed by atoms with Gasteiger partial charge in [0.1, 0.15) is 0 Å². The van der Waals surface area contributed by atoms with Crippen molar-refractivity contribution in [2.45, 2.75) is 0 Å². The third-order valence-corrected chi connectivity index (χ3v) is 0. The van der Waals surface area contributed by atoms with E-state index in [-0.39, 0.29) is 8.41 Å². The Balaban J connectivity index is 0. The van der Waals surface area contributed by atoms with Gasteiger partial charge in [0.25, 0.3) is 0 Å². The van der Waals surface area contributed by atoms with Crippen LogP contribution in [-0.4, -0.2) is 8.41 Å². The Morgan fingerprint density at radius 3 is 1.25 bits per heavy atom. The van der Waals surface area contributed by atoms with Crippen molar-refractivity contribution >= 4 is 28.1 Å². The maximum absolute atomic E-state index is 4.38. The molecular weight excluding hydrogens is 259 g/mol. The summed E-state index contributed by atoms with van der Waals surface area (Å²) in [5.74, 6) is 0. The third kappa shape index (κ3) is 10.8. The second kappa shape index (κ2) is 8.89. The predicted molar refractivity (Wildman–Crippen MR) is 20.9 cm³/mol. The van der Waals surface area contributed by atoms with Gasteiger partial charge in [-0.15, -0.1) is 0 Å². The summed E-state index contributed by atoms with van der Waals surface area (Å²) in [6.07, 6.45) is 0. The van der Waals surface area contributed by atoms with Gasteiger partial charge in [-0.25, -0.2) is 0 Å². The summed E-state index contributed by atoms with van der Waals surface area (Å²) in [5, 5.41) is 0. The maximum atomic E-state index is 4.38. The SMILES string of the molecule is [B].[S]=[W]=[S]. The van der Waals surface area contributed by atoms with Gasteiger partial charge in [0.2, 0.25) is 0 Å². The molecule has 3 radical (unpaired) electrons. The van der Waals surface area contributed by atoms with Crippen LogP contribution >= 0.6 is 19.6 Å². The fourth-order valence-corrected chi connectivity index (χ4v) is 0. The number of hydrogen-bond donors (Lipinski definition) is 0. The second-order valence-corrected chi connectivity index (χ2v) is 5.01. The van der Waals surface area contributed by atoms with Crippen LogP contribution < -0.4 is 0 Å². The molecule has 0 saturated carbocycles. The van der Waals surface area contributed by atoms with E-state index in [1.54, 1.807) is 0 Å². The van der Waals surface area contributed by atoms with Crippen LogP contribution in [0, 0.1) is 0 Å². The Bertz CT molecular complexity index is 27.0. The first-order valence-electron chi connectivity index (χ1n) is 0.333. The van der Waals surface area contributed by atoms with E-state index in [4.69, 9.17) is 0 Å². The molecule has 0 aromatic heterocycles. The van der Waals surface area contributed by atoms with Crippen molar-refractivity contribution in [2.75, 3.05) is 0 Å². The summed E-state index contributed by atoms with van der Waals surface area (Å²) >= 11 is -0.583. The van der Waals surface area contributed by atoms with Crippen LogP contribution in [0.3, 0.4) is 0 Å². The van der Waals surface area contributed by atoms with Crippen molar-refractivity contribution in [3.05, 3.63) is 0 Å². The summed E-state index contributed by atoms with van der Waals surface area (Å²) < 4.78 is 0. The van der Waals surface area contributed by atoms with Crippen LogP contribution in [-0.2, 0) is 14.9 Å². The monoisotopic (exact) mass is 259 g/mol. The van der Waals surface area contributed by atoms with Gasteiger partial charge in [-0.3, -0.25) is 0 Å². The van der Waals surface area contributed by atoms with Gasteiger partial charge in [-0.05, 0) is 0 Å². The predicted octanol–water partition coefficient (Wildman–Crippen LogP) is 0.913. The zero-order valence-corrected chi connectivity index (χ0v) is 6.37. The van der Waals surface area contributed by atoms with Gasteiger partial charge in [-0.2, -0.15) is 0 Å². The van der Waals surface area contributed by atoms with E-state index in [1.807, 2.05) is 0 Å². The molecule has 0 N–H and O–H groups in total. The average molecular weight is 259 g/mol. The Hall–Kier alpha value is 1.19. The van der Waals surface area contributed by atoms with Gasteiger partial charge in [-0.1, -0.05) is 0 Å². The molecule has 0 aliphatic carbocycles. The molecule has 21 valence electrons. The minimum atomic E-state index is -0.583. The summed E-state index contributed by atoms with van der Waals surface area (Å²) in [4.78, 5) is 0. The van der Waals surface area contributed by atoms with E-state index in [1.165, 1.54) is 0 Å². The standard InChI is InChI=1S/B.2S.W. The molecule has 0 aliphatic heterocycles. The molecule has 4 heteroatoms. The van der Waals surface area contributed by atoms with Gasteiger partial charge >= 0.3 is 34.6 Å². The molecule has 0 saturated heterocycles. The molecule has 0 bridgehead atoms. The van der Waals surface area contributed by atoms with Crippen LogP contribution in [0.15, 0.2) is 0 Å². The molecule has 0 unspecified atom stereocenters. The van der Waals surface area contributed by atoms with E-state index < -0.39 is 14.9 Å². The zero-order valence-electron chi connectivity index (χ0n) is 1.80. The molecule has 0 heterocycles. The van der Waals surface area contributed by atoms with Gasteiger partial charge in [0.05, 0.1) is 0 Å². The van der Waals surface area contributed by atoms with Crippen LogP contribution in [0.25, 0.3) is 0 Å².